The molecule has 2 unspecified atom stereocenters. The van der Waals surface area contributed by atoms with Crippen molar-refractivity contribution in [3.63, 3.8) is 0 Å². The summed E-state index contributed by atoms with van der Waals surface area (Å²) in [6.07, 6.45) is 2.48. The average molecular weight is 331 g/mol. The van der Waals surface area contributed by atoms with Crippen LogP contribution in [-0.2, 0) is 11.2 Å². The molecule has 1 aromatic carbocycles. The average Bonchev–Trinajstić information content (AvgIpc) is 2.35. The Kier molecular flexibility index (Phi) is 4.33. The first kappa shape index (κ1) is 14.9. The highest BCUT2D eigenvalue weighted by Gasteiger charge is 2.41. The van der Waals surface area contributed by atoms with Crippen molar-refractivity contribution in [1.82, 2.24) is 0 Å². The molecule has 0 aromatic heterocycles. The van der Waals surface area contributed by atoms with Gasteiger partial charge in [-0.1, -0.05) is 19.1 Å². The van der Waals surface area contributed by atoms with Crippen molar-refractivity contribution >= 4 is 15.9 Å². The summed E-state index contributed by atoms with van der Waals surface area (Å²) in [4.78, 5) is 0. The standard InChI is InChI=1S/C15H20BrFO2/c1-3-14(2)10-15(18,7-8-19-14)9-11-5-4-6-12(17)13(11)16/h4-6,18H,3,7-10H2,1-2H3. The maximum Gasteiger partial charge on any atom is 0.137 e. The molecule has 1 aliphatic heterocycles. The molecule has 0 radical (unpaired) electrons. The van der Waals surface area contributed by atoms with Crippen LogP contribution in [0.3, 0.4) is 0 Å². The number of halogens is 2. The van der Waals surface area contributed by atoms with E-state index in [1.807, 2.05) is 13.0 Å². The maximum absolute atomic E-state index is 13.5. The topological polar surface area (TPSA) is 29.5 Å². The summed E-state index contributed by atoms with van der Waals surface area (Å²) in [6, 6.07) is 4.94. The first-order valence-electron chi connectivity index (χ1n) is 6.67. The molecule has 1 aliphatic rings. The molecule has 1 heterocycles. The van der Waals surface area contributed by atoms with Crippen LogP contribution < -0.4 is 0 Å². The van der Waals surface area contributed by atoms with E-state index in [0.717, 1.165) is 12.0 Å². The summed E-state index contributed by atoms with van der Waals surface area (Å²) in [7, 11) is 0. The molecule has 0 amide bonds. The van der Waals surface area contributed by atoms with Crippen molar-refractivity contribution in [2.75, 3.05) is 6.61 Å². The Labute approximate surface area is 122 Å². The first-order valence-corrected chi connectivity index (χ1v) is 7.46. The lowest BCUT2D eigenvalue weighted by molar-refractivity contribution is -0.152. The van der Waals surface area contributed by atoms with Gasteiger partial charge < -0.3 is 9.84 Å². The van der Waals surface area contributed by atoms with Crippen LogP contribution in [0.5, 0.6) is 0 Å². The molecule has 106 valence electrons. The van der Waals surface area contributed by atoms with Gasteiger partial charge in [-0.2, -0.15) is 0 Å². The van der Waals surface area contributed by atoms with Gasteiger partial charge in [0.1, 0.15) is 5.82 Å². The van der Waals surface area contributed by atoms with Gasteiger partial charge >= 0.3 is 0 Å². The summed E-state index contributed by atoms with van der Waals surface area (Å²) in [5, 5.41) is 10.8. The molecule has 2 atom stereocenters. The first-order chi connectivity index (χ1) is 8.87. The number of rotatable bonds is 3. The van der Waals surface area contributed by atoms with Gasteiger partial charge in [0, 0.05) is 12.8 Å². The summed E-state index contributed by atoms with van der Waals surface area (Å²) in [6.45, 7) is 4.63. The van der Waals surface area contributed by atoms with Gasteiger partial charge in [0.15, 0.2) is 0 Å². The Morgan fingerprint density at radius 2 is 2.21 bits per heavy atom. The third kappa shape index (κ3) is 3.36. The van der Waals surface area contributed by atoms with E-state index in [1.165, 1.54) is 6.07 Å². The second-order valence-corrected chi connectivity index (χ2v) is 6.49. The molecule has 1 saturated heterocycles. The highest BCUT2D eigenvalue weighted by atomic mass is 79.9. The highest BCUT2D eigenvalue weighted by Crippen LogP contribution is 2.37. The minimum atomic E-state index is -0.820. The molecular formula is C15H20BrFO2. The van der Waals surface area contributed by atoms with E-state index < -0.39 is 5.60 Å². The Bertz CT molecular complexity index is 465. The summed E-state index contributed by atoms with van der Waals surface area (Å²) in [5.74, 6) is -0.286. The van der Waals surface area contributed by atoms with E-state index in [9.17, 15) is 9.50 Å². The lowest BCUT2D eigenvalue weighted by atomic mass is 9.78. The smallest absolute Gasteiger partial charge is 0.137 e. The molecule has 2 rings (SSSR count). The van der Waals surface area contributed by atoms with Crippen LogP contribution in [-0.4, -0.2) is 22.9 Å². The Morgan fingerprint density at radius 3 is 2.89 bits per heavy atom. The van der Waals surface area contributed by atoms with E-state index in [4.69, 9.17) is 4.74 Å². The van der Waals surface area contributed by atoms with Crippen molar-refractivity contribution in [2.45, 2.75) is 50.7 Å². The summed E-state index contributed by atoms with van der Waals surface area (Å²) in [5.41, 5.74) is -0.297. The second kappa shape index (κ2) is 5.51. The molecule has 1 N–H and O–H groups in total. The molecular weight excluding hydrogens is 311 g/mol. The lowest BCUT2D eigenvalue weighted by Crippen LogP contribution is -2.48. The van der Waals surface area contributed by atoms with Gasteiger partial charge in [-0.05, 0) is 47.3 Å². The van der Waals surface area contributed by atoms with Crippen molar-refractivity contribution in [2.24, 2.45) is 0 Å². The van der Waals surface area contributed by atoms with Gasteiger partial charge in [0.25, 0.3) is 0 Å². The largest absolute Gasteiger partial charge is 0.389 e. The SMILES string of the molecule is CCC1(C)CC(O)(Cc2cccc(F)c2Br)CCO1. The molecule has 0 bridgehead atoms. The molecule has 0 spiro atoms. The van der Waals surface area contributed by atoms with E-state index >= 15 is 0 Å². The fourth-order valence-corrected chi connectivity index (χ4v) is 3.14. The van der Waals surface area contributed by atoms with E-state index in [1.54, 1.807) is 6.07 Å². The van der Waals surface area contributed by atoms with Crippen LogP contribution >= 0.6 is 15.9 Å². The zero-order chi connectivity index (χ0) is 14.1. The van der Waals surface area contributed by atoms with Gasteiger partial charge in [-0.3, -0.25) is 0 Å². The monoisotopic (exact) mass is 330 g/mol. The van der Waals surface area contributed by atoms with Crippen LogP contribution in [0.1, 0.15) is 38.7 Å². The third-order valence-corrected chi connectivity index (χ3v) is 4.91. The van der Waals surface area contributed by atoms with Crippen LogP contribution in [0.2, 0.25) is 0 Å². The van der Waals surface area contributed by atoms with E-state index in [2.05, 4.69) is 22.9 Å². The normalized spacial score (nSPS) is 31.4. The maximum atomic E-state index is 13.5. The molecule has 0 aliphatic carbocycles. The van der Waals surface area contributed by atoms with Gasteiger partial charge in [-0.25, -0.2) is 4.39 Å². The number of ether oxygens (including phenoxy) is 1. The van der Waals surface area contributed by atoms with Crippen LogP contribution in [0.25, 0.3) is 0 Å². The fourth-order valence-electron chi connectivity index (χ4n) is 2.74. The summed E-state index contributed by atoms with van der Waals surface area (Å²) < 4.78 is 19.7. The van der Waals surface area contributed by atoms with Crippen molar-refractivity contribution < 1.29 is 14.2 Å². The number of hydrogen-bond donors (Lipinski definition) is 1. The van der Waals surface area contributed by atoms with Crippen LogP contribution in [0, 0.1) is 5.82 Å². The molecule has 19 heavy (non-hydrogen) atoms. The van der Waals surface area contributed by atoms with E-state index in [0.29, 0.717) is 30.3 Å². The number of aliphatic hydroxyl groups is 1. The molecule has 0 saturated carbocycles. The third-order valence-electron chi connectivity index (χ3n) is 4.02. The zero-order valence-electron chi connectivity index (χ0n) is 11.4. The number of hydrogen-bond acceptors (Lipinski definition) is 2. The Hall–Kier alpha value is -0.450. The lowest BCUT2D eigenvalue weighted by Gasteiger charge is -2.43. The zero-order valence-corrected chi connectivity index (χ0v) is 13.0. The number of benzene rings is 1. The highest BCUT2D eigenvalue weighted by molar-refractivity contribution is 9.10. The molecule has 4 heteroatoms. The minimum Gasteiger partial charge on any atom is -0.389 e. The predicted molar refractivity (Wildman–Crippen MR) is 76.6 cm³/mol. The Morgan fingerprint density at radius 1 is 1.47 bits per heavy atom. The predicted octanol–water partition coefficient (Wildman–Crippen LogP) is 3.84. The van der Waals surface area contributed by atoms with Crippen molar-refractivity contribution in [3.8, 4) is 0 Å². The second-order valence-electron chi connectivity index (χ2n) is 5.69. The van der Waals surface area contributed by atoms with Crippen LogP contribution in [0.15, 0.2) is 22.7 Å². The molecule has 1 fully saturated rings. The quantitative estimate of drug-likeness (QED) is 0.912. The van der Waals surface area contributed by atoms with Crippen LogP contribution in [0.4, 0.5) is 4.39 Å². The molecule has 1 aromatic rings. The van der Waals surface area contributed by atoms with Crippen molar-refractivity contribution in [1.29, 1.82) is 0 Å². The van der Waals surface area contributed by atoms with Gasteiger partial charge in [0.05, 0.1) is 22.3 Å². The van der Waals surface area contributed by atoms with Gasteiger partial charge in [-0.15, -0.1) is 0 Å². The Balaban J connectivity index is 2.19. The fraction of sp³-hybridized carbons (Fsp3) is 0.600. The van der Waals surface area contributed by atoms with E-state index in [-0.39, 0.29) is 11.4 Å². The van der Waals surface area contributed by atoms with Crippen molar-refractivity contribution in [3.05, 3.63) is 34.1 Å². The minimum absolute atomic E-state index is 0.285. The van der Waals surface area contributed by atoms with Gasteiger partial charge in [0.2, 0.25) is 0 Å². The summed E-state index contributed by atoms with van der Waals surface area (Å²) >= 11 is 3.26. The molecule has 2 nitrogen and oxygen atoms in total.